The van der Waals surface area contributed by atoms with E-state index in [2.05, 4.69) is 2.48 Å². The molecule has 6 heavy (non-hydrogen) atoms. The molecule has 0 saturated heterocycles. The van der Waals surface area contributed by atoms with E-state index < -0.39 is 14.5 Å². The molecule has 0 aliphatic heterocycles. The molecule has 0 fully saturated rings. The average Bonchev–Trinajstić information content (AvgIpc) is 1.35. The predicted octanol–water partition coefficient (Wildman–Crippen LogP) is -1.68. The first-order chi connectivity index (χ1) is 2.56. The minimum absolute atomic E-state index is 0.972. The quantitative estimate of drug-likeness (QED) is 0.563. The second kappa shape index (κ2) is 2.26. The van der Waals surface area contributed by atoms with Crippen molar-refractivity contribution in [3.8, 4) is 0 Å². The van der Waals surface area contributed by atoms with Crippen LogP contribution in [0.2, 0.25) is 0 Å². The minimum atomic E-state index is -4.66. The molecule has 6 heteroatoms. The van der Waals surface area contributed by atoms with E-state index in [4.69, 9.17) is 8.19 Å². The van der Waals surface area contributed by atoms with E-state index in [1.807, 2.05) is 0 Å². The fourth-order valence-electron chi connectivity index (χ4n) is 0. The van der Waals surface area contributed by atoms with Gasteiger partial charge in [-0.05, 0) is 0 Å². The Morgan fingerprint density at radius 1 is 1.67 bits per heavy atom. The van der Waals surface area contributed by atoms with Crippen molar-refractivity contribution in [2.24, 2.45) is 0 Å². The van der Waals surface area contributed by atoms with Gasteiger partial charge in [-0.3, -0.25) is 0 Å². The molecule has 0 aromatic heterocycles. The van der Waals surface area contributed by atoms with E-state index in [1.54, 1.807) is 0 Å². The van der Waals surface area contributed by atoms with Crippen molar-refractivity contribution < 1.29 is 33.7 Å². The summed E-state index contributed by atoms with van der Waals surface area (Å²) in [5.74, 6) is 0. The van der Waals surface area contributed by atoms with Crippen LogP contribution in [0.4, 0.5) is 0 Å². The van der Waals surface area contributed by atoms with Gasteiger partial charge in [0, 0.05) is 0 Å². The van der Waals surface area contributed by atoms with Gasteiger partial charge >= 0.3 is 48.2 Å². The van der Waals surface area contributed by atoms with E-state index in [1.165, 1.54) is 0 Å². The molecule has 2 N–H and O–H groups in total. The summed E-state index contributed by atoms with van der Waals surface area (Å²) in [6.45, 7) is 0. The molecular weight excluding hydrogens is 331 g/mol. The van der Waals surface area contributed by atoms with Crippen LogP contribution in [0.25, 0.3) is 0 Å². The summed E-state index contributed by atoms with van der Waals surface area (Å²) in [6, 6.07) is 0. The van der Waals surface area contributed by atoms with Crippen LogP contribution in [0.3, 0.4) is 0 Å². The summed E-state index contributed by atoms with van der Waals surface area (Å²) in [7, 11) is 0. The van der Waals surface area contributed by atoms with Crippen molar-refractivity contribution >= 4 is 14.5 Å². The average molecular weight is 333 g/mol. The molecule has 0 atom stereocenters. The molecule has 0 aromatic rings. The van der Waals surface area contributed by atoms with Crippen molar-refractivity contribution in [3.05, 3.63) is 0 Å². The summed E-state index contributed by atoms with van der Waals surface area (Å²) in [5.41, 5.74) is 0. The maximum absolute atomic E-state index is 9.53. The third-order valence-electron chi connectivity index (χ3n) is 0.0793. The van der Waals surface area contributed by atoms with Gasteiger partial charge < -0.3 is 0 Å². The first-order valence-corrected chi connectivity index (χ1v) is 5.09. The van der Waals surface area contributed by atoms with Gasteiger partial charge in [0.2, 0.25) is 0 Å². The zero-order valence-corrected chi connectivity index (χ0v) is 6.76. The Balaban J connectivity index is 3.48. The van der Waals surface area contributed by atoms with Crippen molar-refractivity contribution in [1.82, 2.24) is 0 Å². The van der Waals surface area contributed by atoms with Crippen molar-refractivity contribution in [3.63, 3.8) is 0 Å². The molecule has 0 heterocycles. The number of rotatable bonds is 1. The number of hydrogen-bond acceptors (Lipinski definition) is 2. The van der Waals surface area contributed by atoms with Crippen LogP contribution < -0.4 is 0 Å². The molecule has 4 nitrogen and oxygen atoms in total. The van der Waals surface area contributed by atoms with E-state index >= 15 is 0 Å². The van der Waals surface area contributed by atoms with E-state index in [-0.39, 0.29) is 0 Å². The molecule has 0 aliphatic carbocycles. The Morgan fingerprint density at radius 3 is 1.83 bits per heavy atom. The van der Waals surface area contributed by atoms with Crippen LogP contribution in [-0.4, -0.2) is 22.7 Å². The molecule has 0 radical (unpaired) electrons. The Morgan fingerprint density at radius 2 is 1.83 bits per heavy atom. The van der Waals surface area contributed by atoms with Gasteiger partial charge in [0.05, 0.1) is 0 Å². The van der Waals surface area contributed by atoms with Crippen molar-refractivity contribution in [2.45, 2.75) is 0 Å². The van der Waals surface area contributed by atoms with Crippen LogP contribution in [0, 0.1) is 0 Å². The van der Waals surface area contributed by atoms with E-state index in [9.17, 15) is 3.74 Å². The first-order valence-electron chi connectivity index (χ1n) is 0.901. The van der Waals surface area contributed by atoms with Gasteiger partial charge in [-0.25, -0.2) is 0 Å². The topological polar surface area (TPSA) is 66.8 Å². The zero-order valence-electron chi connectivity index (χ0n) is 2.49. The molecular formula is H2AsIrO4. The van der Waals surface area contributed by atoms with Crippen molar-refractivity contribution in [2.75, 3.05) is 0 Å². The summed E-state index contributed by atoms with van der Waals surface area (Å²) in [4.78, 5) is 0. The molecule has 0 unspecified atom stereocenters. The normalized spacial score (nSPS) is 12.0. The van der Waals surface area contributed by atoms with Crippen LogP contribution in [-0.2, 0) is 25.5 Å². The van der Waals surface area contributed by atoms with Crippen LogP contribution >= 0.6 is 0 Å². The molecule has 0 amide bonds. The standard InChI is InChI=1S/AsH3O4.Ir/c2-1(3,4)5;/h(H3,2,3,4,5);/q;+1/p-1. The Labute approximate surface area is 48.4 Å². The van der Waals surface area contributed by atoms with Gasteiger partial charge in [0.1, 0.15) is 0 Å². The van der Waals surface area contributed by atoms with Gasteiger partial charge in [0.15, 0.2) is 0 Å². The third kappa shape index (κ3) is 4.89. The van der Waals surface area contributed by atoms with Crippen LogP contribution in [0.5, 0.6) is 0 Å². The first kappa shape index (κ1) is 6.89. The fraction of sp³-hybridized carbons (Fsp3) is 0. The molecule has 0 bridgehead atoms. The molecule has 40 valence electrons. The maximum atomic E-state index is 9.53. The van der Waals surface area contributed by atoms with Gasteiger partial charge in [-0.1, -0.05) is 0 Å². The summed E-state index contributed by atoms with van der Waals surface area (Å²) in [5, 5.41) is 0. The van der Waals surface area contributed by atoms with Crippen LogP contribution in [0.15, 0.2) is 0 Å². The van der Waals surface area contributed by atoms with E-state index in [0.29, 0.717) is 0 Å². The Hall–Kier alpha value is 0.888. The summed E-state index contributed by atoms with van der Waals surface area (Å²) < 4.78 is 28.8. The zero-order chi connectivity index (χ0) is 5.21. The fourth-order valence-corrected chi connectivity index (χ4v) is 0. The Bertz CT molecular complexity index is 71.6. The molecule has 0 aromatic carbocycles. The predicted molar refractivity (Wildman–Crippen MR) is 12.0 cm³/mol. The molecule has 0 saturated carbocycles. The Kier molecular flexibility index (Phi) is 2.60. The number of hydrogen-bond donors (Lipinski definition) is 2. The van der Waals surface area contributed by atoms with Gasteiger partial charge in [-0.15, -0.1) is 0 Å². The molecule has 0 spiro atoms. The van der Waals surface area contributed by atoms with Crippen molar-refractivity contribution in [1.29, 1.82) is 0 Å². The third-order valence-corrected chi connectivity index (χ3v) is 3.37. The van der Waals surface area contributed by atoms with Crippen LogP contribution in [0.1, 0.15) is 0 Å². The second-order valence-electron chi connectivity index (χ2n) is 0.551. The van der Waals surface area contributed by atoms with Gasteiger partial charge in [0.25, 0.3) is 0 Å². The summed E-state index contributed by atoms with van der Waals surface area (Å²) >= 11 is -3.69. The SMILES string of the molecule is O=[As](O)(O)[O][Ir]. The monoisotopic (exact) mass is 334 g/mol. The summed E-state index contributed by atoms with van der Waals surface area (Å²) in [6.07, 6.45) is 0. The van der Waals surface area contributed by atoms with E-state index in [0.717, 1.165) is 19.3 Å². The van der Waals surface area contributed by atoms with Gasteiger partial charge in [-0.2, -0.15) is 0 Å². The molecule has 0 rings (SSSR count). The molecule has 0 aliphatic rings. The second-order valence-corrected chi connectivity index (χ2v) is 5.14.